The summed E-state index contributed by atoms with van der Waals surface area (Å²) in [5.74, 6) is 0.674. The van der Waals surface area contributed by atoms with Gasteiger partial charge in [-0.3, -0.25) is 0 Å². The zero-order valence-corrected chi connectivity index (χ0v) is 8.10. The predicted octanol–water partition coefficient (Wildman–Crippen LogP) is 1.50. The van der Waals surface area contributed by atoms with Gasteiger partial charge in [0, 0.05) is 18.7 Å². The van der Waals surface area contributed by atoms with Crippen molar-refractivity contribution in [3.05, 3.63) is 24.2 Å². The van der Waals surface area contributed by atoms with Crippen LogP contribution < -0.4 is 5.73 Å². The average molecular weight is 191 g/mol. The largest absolute Gasteiger partial charge is 0.439 e. The number of fused-ring (bicyclic) bond motifs is 1. The number of hydrogen-bond donors (Lipinski definition) is 1. The van der Waals surface area contributed by atoms with Gasteiger partial charge in [0.2, 0.25) is 0 Å². The molecule has 0 bridgehead atoms. The Kier molecular flexibility index (Phi) is 2.45. The summed E-state index contributed by atoms with van der Waals surface area (Å²) in [5, 5.41) is 0. The molecule has 4 nitrogen and oxygen atoms in total. The van der Waals surface area contributed by atoms with Crippen LogP contribution in [-0.4, -0.2) is 16.0 Å². The molecule has 74 valence electrons. The maximum absolute atomic E-state index is 5.81. The quantitative estimate of drug-likeness (QED) is 0.798. The highest BCUT2D eigenvalue weighted by Crippen LogP contribution is 2.13. The molecule has 1 atom stereocenters. The Morgan fingerprint density at radius 3 is 3.14 bits per heavy atom. The van der Waals surface area contributed by atoms with E-state index in [0.717, 1.165) is 12.0 Å². The van der Waals surface area contributed by atoms with Crippen LogP contribution >= 0.6 is 0 Å². The first-order chi connectivity index (χ1) is 6.79. The Morgan fingerprint density at radius 1 is 1.57 bits per heavy atom. The van der Waals surface area contributed by atoms with Crippen LogP contribution in [0.2, 0.25) is 0 Å². The van der Waals surface area contributed by atoms with Gasteiger partial charge in [0.1, 0.15) is 0 Å². The van der Waals surface area contributed by atoms with E-state index in [4.69, 9.17) is 10.2 Å². The fourth-order valence-electron chi connectivity index (χ4n) is 1.27. The number of hydrogen-bond acceptors (Lipinski definition) is 4. The lowest BCUT2D eigenvalue weighted by molar-refractivity contribution is 0.491. The molecule has 0 aliphatic carbocycles. The van der Waals surface area contributed by atoms with Crippen molar-refractivity contribution in [1.29, 1.82) is 0 Å². The molecule has 0 radical (unpaired) electrons. The van der Waals surface area contributed by atoms with E-state index in [0.29, 0.717) is 18.0 Å². The molecule has 0 saturated carbocycles. The molecule has 0 aromatic carbocycles. The summed E-state index contributed by atoms with van der Waals surface area (Å²) in [4.78, 5) is 8.33. The molecule has 2 rings (SSSR count). The van der Waals surface area contributed by atoms with Crippen molar-refractivity contribution in [2.24, 2.45) is 5.73 Å². The van der Waals surface area contributed by atoms with Gasteiger partial charge in [0.05, 0.1) is 0 Å². The van der Waals surface area contributed by atoms with E-state index in [1.165, 1.54) is 0 Å². The van der Waals surface area contributed by atoms with E-state index < -0.39 is 0 Å². The summed E-state index contributed by atoms with van der Waals surface area (Å²) in [6.45, 7) is 2.05. The lowest BCUT2D eigenvalue weighted by Crippen LogP contribution is -2.21. The first kappa shape index (κ1) is 9.15. The minimum atomic E-state index is 0.114. The molecule has 0 aliphatic heterocycles. The van der Waals surface area contributed by atoms with Gasteiger partial charge < -0.3 is 10.2 Å². The number of oxazole rings is 1. The van der Waals surface area contributed by atoms with Gasteiger partial charge >= 0.3 is 0 Å². The van der Waals surface area contributed by atoms with E-state index in [-0.39, 0.29) is 6.04 Å². The van der Waals surface area contributed by atoms with E-state index in [2.05, 4.69) is 9.97 Å². The number of pyridine rings is 1. The minimum absolute atomic E-state index is 0.114. The SMILES string of the molecule is CCC(N)Cc1nc2ncccc2o1. The first-order valence-electron chi connectivity index (χ1n) is 4.75. The summed E-state index contributed by atoms with van der Waals surface area (Å²) in [6.07, 6.45) is 3.30. The second-order valence-electron chi connectivity index (χ2n) is 3.31. The van der Waals surface area contributed by atoms with Crippen LogP contribution in [0.1, 0.15) is 19.2 Å². The monoisotopic (exact) mass is 191 g/mol. The summed E-state index contributed by atoms with van der Waals surface area (Å²) >= 11 is 0. The Bertz CT molecular complexity index is 391. The van der Waals surface area contributed by atoms with E-state index in [9.17, 15) is 0 Å². The van der Waals surface area contributed by atoms with Gasteiger partial charge in [-0.05, 0) is 18.6 Å². The smallest absolute Gasteiger partial charge is 0.198 e. The lowest BCUT2D eigenvalue weighted by atomic mass is 10.2. The lowest BCUT2D eigenvalue weighted by Gasteiger charge is -2.02. The van der Waals surface area contributed by atoms with Crippen molar-refractivity contribution in [3.8, 4) is 0 Å². The second-order valence-corrected chi connectivity index (χ2v) is 3.31. The number of aromatic nitrogens is 2. The molecule has 2 heterocycles. The molecular weight excluding hydrogens is 178 g/mol. The zero-order chi connectivity index (χ0) is 9.97. The van der Waals surface area contributed by atoms with Gasteiger partial charge in [0.15, 0.2) is 17.1 Å². The van der Waals surface area contributed by atoms with Gasteiger partial charge in [0.25, 0.3) is 0 Å². The van der Waals surface area contributed by atoms with E-state index in [1.54, 1.807) is 6.20 Å². The molecule has 0 spiro atoms. The summed E-state index contributed by atoms with van der Waals surface area (Å²) < 4.78 is 5.49. The minimum Gasteiger partial charge on any atom is -0.439 e. The van der Waals surface area contributed by atoms with Crippen LogP contribution in [-0.2, 0) is 6.42 Å². The van der Waals surface area contributed by atoms with Crippen LogP contribution in [0.25, 0.3) is 11.2 Å². The second kappa shape index (κ2) is 3.75. The average Bonchev–Trinajstić information content (AvgIpc) is 2.59. The van der Waals surface area contributed by atoms with Crippen LogP contribution in [0.5, 0.6) is 0 Å². The number of nitrogens with two attached hydrogens (primary N) is 1. The van der Waals surface area contributed by atoms with Crippen molar-refractivity contribution in [2.45, 2.75) is 25.8 Å². The topological polar surface area (TPSA) is 64.9 Å². The van der Waals surface area contributed by atoms with Gasteiger partial charge in [-0.15, -0.1) is 0 Å². The maximum atomic E-state index is 5.81. The van der Waals surface area contributed by atoms with Gasteiger partial charge in [-0.1, -0.05) is 6.92 Å². The molecular formula is C10H13N3O. The molecule has 14 heavy (non-hydrogen) atoms. The molecule has 0 aliphatic rings. The van der Waals surface area contributed by atoms with E-state index in [1.807, 2.05) is 19.1 Å². The Labute approximate surface area is 82.1 Å². The highest BCUT2D eigenvalue weighted by Gasteiger charge is 2.09. The van der Waals surface area contributed by atoms with Crippen LogP contribution in [0.4, 0.5) is 0 Å². The molecule has 1 unspecified atom stereocenters. The summed E-state index contributed by atoms with van der Waals surface area (Å²) in [5.41, 5.74) is 7.19. The third kappa shape index (κ3) is 1.75. The Hall–Kier alpha value is -1.42. The molecule has 2 N–H and O–H groups in total. The standard InChI is InChI=1S/C10H13N3O/c1-2-7(11)6-9-13-10-8(14-9)4-3-5-12-10/h3-5,7H,2,6,11H2,1H3. The van der Waals surface area contributed by atoms with Crippen molar-refractivity contribution < 1.29 is 4.42 Å². The molecule has 2 aromatic rings. The zero-order valence-electron chi connectivity index (χ0n) is 8.10. The summed E-state index contributed by atoms with van der Waals surface area (Å²) in [7, 11) is 0. The molecule has 0 fully saturated rings. The third-order valence-corrected chi connectivity index (χ3v) is 2.17. The highest BCUT2D eigenvalue weighted by molar-refractivity contribution is 5.66. The van der Waals surface area contributed by atoms with Crippen LogP contribution in [0.3, 0.4) is 0 Å². The Morgan fingerprint density at radius 2 is 2.43 bits per heavy atom. The fraction of sp³-hybridized carbons (Fsp3) is 0.400. The van der Waals surface area contributed by atoms with Gasteiger partial charge in [-0.25, -0.2) is 4.98 Å². The molecule has 0 saturated heterocycles. The van der Waals surface area contributed by atoms with Crippen molar-refractivity contribution >= 4 is 11.2 Å². The van der Waals surface area contributed by atoms with Crippen molar-refractivity contribution in [3.63, 3.8) is 0 Å². The fourth-order valence-corrected chi connectivity index (χ4v) is 1.27. The maximum Gasteiger partial charge on any atom is 0.198 e. The number of rotatable bonds is 3. The van der Waals surface area contributed by atoms with Crippen LogP contribution in [0.15, 0.2) is 22.7 Å². The van der Waals surface area contributed by atoms with Gasteiger partial charge in [-0.2, -0.15) is 4.98 Å². The Balaban J connectivity index is 2.27. The summed E-state index contributed by atoms with van der Waals surface area (Å²) in [6, 6.07) is 3.80. The van der Waals surface area contributed by atoms with Crippen molar-refractivity contribution in [2.75, 3.05) is 0 Å². The highest BCUT2D eigenvalue weighted by atomic mass is 16.3. The third-order valence-electron chi connectivity index (χ3n) is 2.17. The molecule has 0 amide bonds. The predicted molar refractivity (Wildman–Crippen MR) is 53.8 cm³/mol. The molecule has 4 heteroatoms. The molecule has 2 aromatic heterocycles. The number of nitrogens with zero attached hydrogens (tertiary/aromatic N) is 2. The normalized spacial score (nSPS) is 13.3. The van der Waals surface area contributed by atoms with Crippen molar-refractivity contribution in [1.82, 2.24) is 9.97 Å². The first-order valence-corrected chi connectivity index (χ1v) is 4.75. The van der Waals surface area contributed by atoms with E-state index >= 15 is 0 Å². The van der Waals surface area contributed by atoms with Crippen LogP contribution in [0, 0.1) is 0 Å².